The summed E-state index contributed by atoms with van der Waals surface area (Å²) in [5.41, 5.74) is 2.60. The van der Waals surface area contributed by atoms with Gasteiger partial charge in [-0.05, 0) is 31.1 Å². The predicted octanol–water partition coefficient (Wildman–Crippen LogP) is 3.65. The second kappa shape index (κ2) is 4.44. The molecule has 0 aromatic carbocycles. The average Bonchev–Trinajstić information content (AvgIpc) is 2.41. The van der Waals surface area contributed by atoms with Gasteiger partial charge in [0.05, 0.1) is 5.92 Å². The maximum Gasteiger partial charge on any atom is 0.306 e. The Labute approximate surface area is 98.1 Å². The van der Waals surface area contributed by atoms with Crippen LogP contribution in [0.5, 0.6) is 0 Å². The fourth-order valence-electron chi connectivity index (χ4n) is 2.43. The lowest BCUT2D eigenvalue weighted by atomic mass is 9.73. The van der Waals surface area contributed by atoms with E-state index in [4.69, 9.17) is 5.11 Å². The SMILES string of the molecule is C=C(CC(C)C(=O)O)[C@@H]1CC=C(C)C1(C)C. The van der Waals surface area contributed by atoms with Crippen LogP contribution >= 0.6 is 0 Å². The Morgan fingerprint density at radius 3 is 2.62 bits per heavy atom. The standard InChI is InChI=1S/C14H22O2/c1-9(8-10(2)13(15)16)12-7-6-11(3)14(12,4)5/h6,10,12H,1,7-8H2,2-5H3,(H,15,16)/t10?,12-/m0/s1. The molecule has 0 fully saturated rings. The van der Waals surface area contributed by atoms with Crippen LogP contribution in [0, 0.1) is 17.3 Å². The molecular formula is C14H22O2. The van der Waals surface area contributed by atoms with Crippen molar-refractivity contribution < 1.29 is 9.90 Å². The molecule has 0 bridgehead atoms. The summed E-state index contributed by atoms with van der Waals surface area (Å²) >= 11 is 0. The van der Waals surface area contributed by atoms with Crippen molar-refractivity contribution in [2.45, 2.75) is 40.5 Å². The van der Waals surface area contributed by atoms with Gasteiger partial charge in [0.25, 0.3) is 0 Å². The molecule has 90 valence electrons. The summed E-state index contributed by atoms with van der Waals surface area (Å²) in [5, 5.41) is 8.90. The second-order valence-electron chi connectivity index (χ2n) is 5.50. The number of rotatable bonds is 4. The van der Waals surface area contributed by atoms with Crippen molar-refractivity contribution in [1.82, 2.24) is 0 Å². The molecule has 1 aliphatic rings. The molecule has 0 aromatic rings. The quantitative estimate of drug-likeness (QED) is 0.737. The van der Waals surface area contributed by atoms with E-state index in [1.54, 1.807) is 6.92 Å². The monoisotopic (exact) mass is 222 g/mol. The van der Waals surface area contributed by atoms with Crippen molar-refractivity contribution in [3.05, 3.63) is 23.8 Å². The first-order valence-electron chi connectivity index (χ1n) is 5.84. The maximum atomic E-state index is 10.8. The number of carbonyl (C=O) groups is 1. The minimum absolute atomic E-state index is 0.134. The lowest BCUT2D eigenvalue weighted by molar-refractivity contribution is -0.141. The summed E-state index contributed by atoms with van der Waals surface area (Å²) in [5.74, 6) is -0.667. The third kappa shape index (κ3) is 2.37. The van der Waals surface area contributed by atoms with Gasteiger partial charge in [-0.1, -0.05) is 44.6 Å². The normalized spacial score (nSPS) is 25.0. The summed E-state index contributed by atoms with van der Waals surface area (Å²) in [6.07, 6.45) is 3.84. The molecule has 2 heteroatoms. The topological polar surface area (TPSA) is 37.3 Å². The molecule has 0 heterocycles. The summed E-state index contributed by atoms with van der Waals surface area (Å²) in [6, 6.07) is 0. The van der Waals surface area contributed by atoms with Crippen molar-refractivity contribution in [1.29, 1.82) is 0 Å². The lowest BCUT2D eigenvalue weighted by Gasteiger charge is -2.32. The predicted molar refractivity (Wildman–Crippen MR) is 66.2 cm³/mol. The molecule has 1 aliphatic carbocycles. The fraction of sp³-hybridized carbons (Fsp3) is 0.643. The molecule has 1 unspecified atom stereocenters. The van der Waals surface area contributed by atoms with Gasteiger partial charge in [0.2, 0.25) is 0 Å². The van der Waals surface area contributed by atoms with Crippen molar-refractivity contribution >= 4 is 5.97 Å². The highest BCUT2D eigenvalue weighted by molar-refractivity contribution is 5.69. The van der Waals surface area contributed by atoms with E-state index >= 15 is 0 Å². The first-order valence-corrected chi connectivity index (χ1v) is 5.84. The Morgan fingerprint density at radius 1 is 1.69 bits per heavy atom. The van der Waals surface area contributed by atoms with Crippen LogP contribution in [0.2, 0.25) is 0 Å². The Balaban J connectivity index is 2.68. The minimum Gasteiger partial charge on any atom is -0.481 e. The largest absolute Gasteiger partial charge is 0.481 e. The molecular weight excluding hydrogens is 200 g/mol. The molecule has 0 amide bonds. The number of aliphatic carboxylic acids is 1. The molecule has 2 nitrogen and oxygen atoms in total. The van der Waals surface area contributed by atoms with Crippen LogP contribution in [0.3, 0.4) is 0 Å². The van der Waals surface area contributed by atoms with Gasteiger partial charge in [0.1, 0.15) is 0 Å². The molecule has 0 spiro atoms. The van der Waals surface area contributed by atoms with Gasteiger partial charge < -0.3 is 5.11 Å². The van der Waals surface area contributed by atoms with E-state index in [0.29, 0.717) is 12.3 Å². The van der Waals surface area contributed by atoms with Crippen LogP contribution in [0.15, 0.2) is 23.8 Å². The van der Waals surface area contributed by atoms with E-state index in [0.717, 1.165) is 12.0 Å². The van der Waals surface area contributed by atoms with Crippen molar-refractivity contribution in [3.8, 4) is 0 Å². The Hall–Kier alpha value is -1.05. The Bertz CT molecular complexity index is 337. The lowest BCUT2D eigenvalue weighted by Crippen LogP contribution is -2.23. The first kappa shape index (κ1) is 13.0. The van der Waals surface area contributed by atoms with Gasteiger partial charge in [-0.25, -0.2) is 0 Å². The minimum atomic E-state index is -0.735. The maximum absolute atomic E-state index is 10.8. The molecule has 0 saturated heterocycles. The van der Waals surface area contributed by atoms with E-state index in [1.807, 2.05) is 0 Å². The summed E-state index contributed by atoms with van der Waals surface area (Å²) in [7, 11) is 0. The third-order valence-corrected chi connectivity index (χ3v) is 4.03. The van der Waals surface area contributed by atoms with Crippen LogP contribution < -0.4 is 0 Å². The zero-order valence-corrected chi connectivity index (χ0v) is 10.7. The van der Waals surface area contributed by atoms with E-state index < -0.39 is 5.97 Å². The fourth-order valence-corrected chi connectivity index (χ4v) is 2.43. The molecule has 0 saturated carbocycles. The van der Waals surface area contributed by atoms with Crippen molar-refractivity contribution in [2.24, 2.45) is 17.3 Å². The molecule has 2 atom stereocenters. The van der Waals surface area contributed by atoms with Gasteiger partial charge in [-0.15, -0.1) is 0 Å². The van der Waals surface area contributed by atoms with E-state index in [2.05, 4.69) is 33.4 Å². The molecule has 1 rings (SSSR count). The molecule has 0 aliphatic heterocycles. The number of allylic oxidation sites excluding steroid dienone is 3. The molecule has 16 heavy (non-hydrogen) atoms. The zero-order chi connectivity index (χ0) is 12.5. The highest BCUT2D eigenvalue weighted by atomic mass is 16.4. The first-order chi connectivity index (χ1) is 7.26. The van der Waals surface area contributed by atoms with Crippen LogP contribution in [0.25, 0.3) is 0 Å². The summed E-state index contributed by atoms with van der Waals surface area (Å²) in [4.78, 5) is 10.8. The highest BCUT2D eigenvalue weighted by Crippen LogP contribution is 2.47. The molecule has 0 aromatic heterocycles. The van der Waals surface area contributed by atoms with Crippen LogP contribution in [0.1, 0.15) is 40.5 Å². The number of hydrogen-bond donors (Lipinski definition) is 1. The number of hydrogen-bond acceptors (Lipinski definition) is 1. The number of carboxylic acids is 1. The van der Waals surface area contributed by atoms with Gasteiger partial charge in [-0.2, -0.15) is 0 Å². The van der Waals surface area contributed by atoms with E-state index in [9.17, 15) is 4.79 Å². The van der Waals surface area contributed by atoms with Crippen molar-refractivity contribution in [3.63, 3.8) is 0 Å². The number of carboxylic acid groups (broad SMARTS) is 1. The van der Waals surface area contributed by atoms with E-state index in [-0.39, 0.29) is 11.3 Å². The van der Waals surface area contributed by atoms with Gasteiger partial charge in [0, 0.05) is 0 Å². The third-order valence-electron chi connectivity index (χ3n) is 4.03. The average molecular weight is 222 g/mol. The van der Waals surface area contributed by atoms with Gasteiger partial charge in [-0.3, -0.25) is 4.79 Å². The summed E-state index contributed by atoms with van der Waals surface area (Å²) < 4.78 is 0. The second-order valence-corrected chi connectivity index (χ2v) is 5.50. The van der Waals surface area contributed by atoms with Gasteiger partial charge in [0.15, 0.2) is 0 Å². The summed E-state index contributed by atoms with van der Waals surface area (Å²) in [6.45, 7) is 12.4. The van der Waals surface area contributed by atoms with Crippen LogP contribution in [-0.2, 0) is 4.79 Å². The van der Waals surface area contributed by atoms with Gasteiger partial charge >= 0.3 is 5.97 Å². The van der Waals surface area contributed by atoms with Crippen LogP contribution in [-0.4, -0.2) is 11.1 Å². The smallest absolute Gasteiger partial charge is 0.306 e. The molecule has 0 radical (unpaired) electrons. The molecule has 1 N–H and O–H groups in total. The van der Waals surface area contributed by atoms with Crippen LogP contribution in [0.4, 0.5) is 0 Å². The zero-order valence-electron chi connectivity index (χ0n) is 10.7. The van der Waals surface area contributed by atoms with Crippen molar-refractivity contribution in [2.75, 3.05) is 0 Å². The Morgan fingerprint density at radius 2 is 2.25 bits per heavy atom. The Kier molecular flexibility index (Phi) is 3.61. The highest BCUT2D eigenvalue weighted by Gasteiger charge is 2.36. The van der Waals surface area contributed by atoms with E-state index in [1.165, 1.54) is 5.57 Å².